The Labute approximate surface area is 208 Å². The minimum absolute atomic E-state index is 0.0323. The van der Waals surface area contributed by atoms with E-state index in [0.717, 1.165) is 37.8 Å². The molecule has 186 valence electrons. The van der Waals surface area contributed by atoms with Gasteiger partial charge in [-0.05, 0) is 92.2 Å². The summed E-state index contributed by atoms with van der Waals surface area (Å²) in [5.41, 5.74) is 4.98. The second-order valence-electron chi connectivity index (χ2n) is 11.5. The van der Waals surface area contributed by atoms with Crippen molar-refractivity contribution >= 4 is 23.2 Å². The van der Waals surface area contributed by atoms with Crippen LogP contribution in [0, 0.1) is 17.3 Å². The van der Waals surface area contributed by atoms with Gasteiger partial charge in [-0.25, -0.2) is 0 Å². The normalized spacial score (nSPS) is 33.9. The third-order valence-corrected chi connectivity index (χ3v) is 9.55. The molecule has 4 aliphatic carbocycles. The van der Waals surface area contributed by atoms with E-state index >= 15 is 0 Å². The van der Waals surface area contributed by atoms with Gasteiger partial charge in [0, 0.05) is 44.5 Å². The van der Waals surface area contributed by atoms with Crippen molar-refractivity contribution in [2.75, 3.05) is 19.0 Å². The van der Waals surface area contributed by atoms with Crippen LogP contribution in [0.25, 0.3) is 0 Å². The largest absolute Gasteiger partial charge is 0.451 e. The van der Waals surface area contributed by atoms with E-state index in [9.17, 15) is 14.4 Å². The van der Waals surface area contributed by atoms with Crippen LogP contribution in [0.15, 0.2) is 47.1 Å². The highest BCUT2D eigenvalue weighted by Gasteiger charge is 2.67. The molecule has 0 bridgehead atoms. The van der Waals surface area contributed by atoms with Gasteiger partial charge in [-0.3, -0.25) is 14.4 Å². The Hall–Kier alpha value is -2.69. The molecule has 2 unspecified atom stereocenters. The fourth-order valence-corrected chi connectivity index (χ4v) is 8.02. The van der Waals surface area contributed by atoms with Gasteiger partial charge in [0.2, 0.25) is 0 Å². The quantitative estimate of drug-likeness (QED) is 0.535. The summed E-state index contributed by atoms with van der Waals surface area (Å²) in [6.07, 6.45) is 7.41. The average Bonchev–Trinajstić information content (AvgIpc) is 3.10. The highest BCUT2D eigenvalue weighted by Crippen LogP contribution is 2.67. The molecule has 5 rings (SSSR count). The molecule has 0 saturated heterocycles. The van der Waals surface area contributed by atoms with Gasteiger partial charge in [0.1, 0.15) is 0 Å². The predicted molar refractivity (Wildman–Crippen MR) is 136 cm³/mol. The molecule has 0 amide bonds. The van der Waals surface area contributed by atoms with Gasteiger partial charge in [-0.15, -0.1) is 0 Å². The van der Waals surface area contributed by atoms with Crippen molar-refractivity contribution in [3.63, 3.8) is 0 Å². The van der Waals surface area contributed by atoms with Crippen LogP contribution in [0.4, 0.5) is 5.69 Å². The van der Waals surface area contributed by atoms with Gasteiger partial charge < -0.3 is 9.64 Å². The molecule has 5 atom stereocenters. The number of rotatable bonds is 4. The summed E-state index contributed by atoms with van der Waals surface area (Å²) in [7, 11) is 4.08. The van der Waals surface area contributed by atoms with Crippen LogP contribution in [0.2, 0.25) is 0 Å². The molecule has 5 heteroatoms. The highest BCUT2D eigenvalue weighted by atomic mass is 16.6. The van der Waals surface area contributed by atoms with Crippen molar-refractivity contribution in [3.8, 4) is 0 Å². The van der Waals surface area contributed by atoms with Crippen molar-refractivity contribution in [1.82, 2.24) is 0 Å². The second kappa shape index (κ2) is 8.46. The molecule has 35 heavy (non-hydrogen) atoms. The first-order valence-electron chi connectivity index (χ1n) is 13.0. The summed E-state index contributed by atoms with van der Waals surface area (Å²) in [5.74, 6) is 0.584. The first-order valence-corrected chi connectivity index (χ1v) is 13.0. The maximum absolute atomic E-state index is 13.2. The Morgan fingerprint density at radius 1 is 1.03 bits per heavy atom. The Kier molecular flexibility index (Phi) is 5.81. The van der Waals surface area contributed by atoms with Gasteiger partial charge >= 0.3 is 5.97 Å². The van der Waals surface area contributed by atoms with Crippen molar-refractivity contribution in [1.29, 1.82) is 0 Å². The number of benzene rings is 1. The molecule has 4 aliphatic rings. The summed E-state index contributed by atoms with van der Waals surface area (Å²) in [4.78, 5) is 39.8. The zero-order chi connectivity index (χ0) is 25.1. The predicted octanol–water partition coefficient (Wildman–Crippen LogP) is 5.54. The van der Waals surface area contributed by atoms with Gasteiger partial charge in [0.25, 0.3) is 0 Å². The fourth-order valence-electron chi connectivity index (χ4n) is 8.02. The van der Waals surface area contributed by atoms with Crippen LogP contribution < -0.4 is 4.90 Å². The number of hydrogen-bond donors (Lipinski definition) is 0. The van der Waals surface area contributed by atoms with Gasteiger partial charge in [0.05, 0.1) is 0 Å². The van der Waals surface area contributed by atoms with Crippen LogP contribution in [0.1, 0.15) is 77.2 Å². The minimum atomic E-state index is -1.07. The number of Topliss-reactive ketones (excluding diaryl/α,β-unsaturated/α-hetero) is 1. The molecule has 2 fully saturated rings. The Bertz CT molecular complexity index is 1140. The topological polar surface area (TPSA) is 63.7 Å². The third-order valence-electron chi connectivity index (χ3n) is 9.55. The third kappa shape index (κ3) is 3.61. The van der Waals surface area contributed by atoms with Crippen LogP contribution in [0.3, 0.4) is 0 Å². The molecule has 1 aromatic rings. The molecular formula is C30H37NO4. The first-order chi connectivity index (χ1) is 16.6. The Morgan fingerprint density at radius 2 is 1.74 bits per heavy atom. The summed E-state index contributed by atoms with van der Waals surface area (Å²) in [6.45, 7) is 5.22. The van der Waals surface area contributed by atoms with Gasteiger partial charge in [-0.2, -0.15) is 0 Å². The summed E-state index contributed by atoms with van der Waals surface area (Å²) >= 11 is 0. The van der Waals surface area contributed by atoms with Crippen molar-refractivity contribution in [2.24, 2.45) is 17.3 Å². The van der Waals surface area contributed by atoms with Crippen LogP contribution in [0.5, 0.6) is 0 Å². The lowest BCUT2D eigenvalue weighted by atomic mass is 9.50. The molecule has 0 radical (unpaired) electrons. The number of hydrogen-bond acceptors (Lipinski definition) is 5. The maximum Gasteiger partial charge on any atom is 0.303 e. The SMILES string of the molecule is CC(=O)O[C@@]1(C(C)=O)CCC2C3CCC4=CC(=O)CCC4=C3[C@H](c3ccc(N(C)C)cc3)C[C@]21C. The lowest BCUT2D eigenvalue weighted by Crippen LogP contribution is -2.57. The van der Waals surface area contributed by atoms with Gasteiger partial charge in [-0.1, -0.05) is 24.6 Å². The molecule has 5 nitrogen and oxygen atoms in total. The number of carbonyl (C=O) groups excluding carboxylic acids is 3. The lowest BCUT2D eigenvalue weighted by molar-refractivity contribution is -0.182. The molecule has 1 aromatic carbocycles. The number of fused-ring (bicyclic) bond motifs is 4. The van der Waals surface area contributed by atoms with Crippen LogP contribution in [-0.2, 0) is 19.1 Å². The summed E-state index contributed by atoms with van der Waals surface area (Å²) in [5, 5.41) is 0. The zero-order valence-electron chi connectivity index (χ0n) is 21.6. The van der Waals surface area contributed by atoms with E-state index in [4.69, 9.17) is 4.74 Å². The zero-order valence-corrected chi connectivity index (χ0v) is 21.6. The second-order valence-corrected chi connectivity index (χ2v) is 11.5. The monoisotopic (exact) mass is 475 g/mol. The van der Waals surface area contributed by atoms with E-state index in [2.05, 4.69) is 36.1 Å². The maximum atomic E-state index is 13.2. The number of ketones is 2. The Morgan fingerprint density at radius 3 is 2.37 bits per heavy atom. The smallest absolute Gasteiger partial charge is 0.303 e. The van der Waals surface area contributed by atoms with Crippen LogP contribution in [-0.4, -0.2) is 37.2 Å². The lowest BCUT2D eigenvalue weighted by Gasteiger charge is -2.55. The molecule has 0 heterocycles. The summed E-state index contributed by atoms with van der Waals surface area (Å²) in [6, 6.07) is 8.76. The molecule has 0 N–H and O–H groups in total. The van der Waals surface area contributed by atoms with E-state index in [1.54, 1.807) is 6.92 Å². The fraction of sp³-hybridized carbons (Fsp3) is 0.567. The molecule has 0 aromatic heterocycles. The van der Waals surface area contributed by atoms with E-state index in [1.807, 2.05) is 20.2 Å². The number of esters is 1. The number of allylic oxidation sites excluding steroid dienone is 4. The first kappa shape index (κ1) is 24.0. The number of nitrogens with zero attached hydrogens (tertiary/aromatic N) is 1. The average molecular weight is 476 g/mol. The molecule has 0 spiro atoms. The molecular weight excluding hydrogens is 438 g/mol. The van der Waals surface area contributed by atoms with E-state index in [0.29, 0.717) is 18.8 Å². The number of carbonyl (C=O) groups is 3. The number of ether oxygens (including phenoxy) is 1. The summed E-state index contributed by atoms with van der Waals surface area (Å²) < 4.78 is 6.00. The molecule has 2 saturated carbocycles. The van der Waals surface area contributed by atoms with Crippen molar-refractivity contribution in [2.45, 2.75) is 77.2 Å². The Balaban J connectivity index is 1.68. The van der Waals surface area contributed by atoms with E-state index in [1.165, 1.54) is 29.2 Å². The van der Waals surface area contributed by atoms with Gasteiger partial charge in [0.15, 0.2) is 17.2 Å². The molecule has 0 aliphatic heterocycles. The number of anilines is 1. The highest BCUT2D eigenvalue weighted by molar-refractivity contribution is 5.93. The van der Waals surface area contributed by atoms with E-state index < -0.39 is 11.0 Å². The van der Waals surface area contributed by atoms with Crippen molar-refractivity contribution in [3.05, 3.63) is 52.6 Å². The van der Waals surface area contributed by atoms with Crippen molar-refractivity contribution < 1.29 is 19.1 Å². The standard InChI is InChI=1S/C30H37NO4/c1-18(32)30(35-19(2)33)15-14-27-25-12-8-21-16-23(34)11-13-24(21)28(25)26(17-29(27,30)3)20-6-9-22(10-7-20)31(4)5/h6-7,9-10,16,25-27H,8,11-15,17H2,1-5H3/t25?,26-,27?,29+,30+/m0/s1. The van der Waals surface area contributed by atoms with Crippen LogP contribution >= 0.6 is 0 Å². The van der Waals surface area contributed by atoms with E-state index in [-0.39, 0.29) is 29.4 Å². The minimum Gasteiger partial charge on any atom is -0.451 e.